The molecule has 1 fully saturated rings. The number of hydrogen-bond acceptors (Lipinski definition) is 5. The molecule has 1 aliphatic rings. The normalized spacial score (nSPS) is 19.8. The first-order chi connectivity index (χ1) is 13.2. The van der Waals surface area contributed by atoms with Crippen molar-refractivity contribution in [3.63, 3.8) is 0 Å². The molecule has 1 heterocycles. The van der Waals surface area contributed by atoms with Crippen LogP contribution in [0.4, 0.5) is 5.82 Å². The number of fused-ring (bicyclic) bond motifs is 1. The zero-order chi connectivity index (χ0) is 18.8. The maximum Gasteiger partial charge on any atom is 0.168 e. The lowest BCUT2D eigenvalue weighted by Gasteiger charge is -2.30. The van der Waals surface area contributed by atoms with Gasteiger partial charge in [-0.15, -0.1) is 0 Å². The quantitative estimate of drug-likeness (QED) is 0.683. The van der Waals surface area contributed by atoms with E-state index >= 15 is 0 Å². The summed E-state index contributed by atoms with van der Waals surface area (Å²) in [6.45, 7) is 2.30. The van der Waals surface area contributed by atoms with Gasteiger partial charge in [0.25, 0.3) is 0 Å². The largest absolute Gasteiger partial charge is 0.504 e. The van der Waals surface area contributed by atoms with Crippen molar-refractivity contribution in [1.82, 2.24) is 9.97 Å². The second-order valence-corrected chi connectivity index (χ2v) is 7.28. The predicted molar refractivity (Wildman–Crippen MR) is 108 cm³/mol. The van der Waals surface area contributed by atoms with E-state index in [0.717, 1.165) is 23.1 Å². The Morgan fingerprint density at radius 1 is 1.04 bits per heavy atom. The Balaban J connectivity index is 1.81. The minimum Gasteiger partial charge on any atom is -0.504 e. The van der Waals surface area contributed by atoms with Crippen LogP contribution in [-0.2, 0) is 0 Å². The van der Waals surface area contributed by atoms with Crippen molar-refractivity contribution < 1.29 is 9.84 Å². The summed E-state index contributed by atoms with van der Waals surface area (Å²) >= 11 is 0. The van der Waals surface area contributed by atoms with Crippen LogP contribution in [0.2, 0.25) is 0 Å². The van der Waals surface area contributed by atoms with E-state index in [9.17, 15) is 5.11 Å². The first-order valence-electron chi connectivity index (χ1n) is 9.57. The molecule has 2 N–H and O–H groups in total. The molecule has 2 unspecified atom stereocenters. The van der Waals surface area contributed by atoms with Crippen molar-refractivity contribution in [3.8, 4) is 22.9 Å². The van der Waals surface area contributed by atoms with E-state index in [1.807, 2.05) is 36.4 Å². The van der Waals surface area contributed by atoms with E-state index in [0.29, 0.717) is 29.1 Å². The van der Waals surface area contributed by atoms with Crippen molar-refractivity contribution in [2.75, 3.05) is 12.4 Å². The van der Waals surface area contributed by atoms with Crippen LogP contribution in [0.25, 0.3) is 22.3 Å². The molecule has 0 spiro atoms. The minimum absolute atomic E-state index is 0.0623. The highest BCUT2D eigenvalue weighted by Crippen LogP contribution is 2.37. The van der Waals surface area contributed by atoms with Gasteiger partial charge < -0.3 is 15.2 Å². The van der Waals surface area contributed by atoms with Gasteiger partial charge in [-0.3, -0.25) is 0 Å². The van der Waals surface area contributed by atoms with Gasteiger partial charge in [0.15, 0.2) is 17.3 Å². The maximum atomic E-state index is 10.5. The van der Waals surface area contributed by atoms with Crippen LogP contribution in [0, 0.1) is 5.92 Å². The van der Waals surface area contributed by atoms with Crippen LogP contribution in [0.15, 0.2) is 42.5 Å². The Labute approximate surface area is 159 Å². The highest BCUT2D eigenvalue weighted by molar-refractivity contribution is 5.91. The fourth-order valence-electron chi connectivity index (χ4n) is 3.88. The van der Waals surface area contributed by atoms with E-state index in [-0.39, 0.29) is 5.75 Å². The van der Waals surface area contributed by atoms with Gasteiger partial charge in [0.1, 0.15) is 5.82 Å². The molecule has 27 heavy (non-hydrogen) atoms. The lowest BCUT2D eigenvalue weighted by Crippen LogP contribution is -2.30. The fourth-order valence-corrected chi connectivity index (χ4v) is 3.88. The third-order valence-corrected chi connectivity index (χ3v) is 5.50. The third-order valence-electron chi connectivity index (χ3n) is 5.50. The minimum atomic E-state index is 0.0623. The van der Waals surface area contributed by atoms with Crippen LogP contribution in [-0.4, -0.2) is 28.2 Å². The molecule has 1 aliphatic carbocycles. The summed E-state index contributed by atoms with van der Waals surface area (Å²) in [5.74, 6) is 2.42. The first kappa shape index (κ1) is 17.6. The van der Waals surface area contributed by atoms with Crippen LogP contribution in [0.3, 0.4) is 0 Å². The molecule has 2 aromatic carbocycles. The van der Waals surface area contributed by atoms with Gasteiger partial charge >= 0.3 is 0 Å². The third kappa shape index (κ3) is 3.42. The number of para-hydroxylation sites is 2. The molecule has 5 nitrogen and oxygen atoms in total. The summed E-state index contributed by atoms with van der Waals surface area (Å²) < 4.78 is 5.24. The Kier molecular flexibility index (Phi) is 4.84. The second kappa shape index (κ2) is 7.43. The van der Waals surface area contributed by atoms with E-state index in [1.54, 1.807) is 6.07 Å². The van der Waals surface area contributed by atoms with Gasteiger partial charge in [-0.2, -0.15) is 0 Å². The number of rotatable bonds is 4. The molecule has 0 aliphatic heterocycles. The number of methoxy groups -OCH3 is 1. The molecule has 1 saturated carbocycles. The predicted octanol–water partition coefficient (Wildman–Crippen LogP) is 5.00. The van der Waals surface area contributed by atoms with E-state index in [2.05, 4.69) is 17.2 Å². The monoisotopic (exact) mass is 363 g/mol. The van der Waals surface area contributed by atoms with Gasteiger partial charge in [-0.25, -0.2) is 9.97 Å². The van der Waals surface area contributed by atoms with Gasteiger partial charge in [0.05, 0.1) is 18.2 Å². The van der Waals surface area contributed by atoms with Crippen LogP contribution >= 0.6 is 0 Å². The summed E-state index contributed by atoms with van der Waals surface area (Å²) in [5, 5.41) is 15.2. The van der Waals surface area contributed by atoms with Crippen LogP contribution in [0.5, 0.6) is 11.5 Å². The Bertz CT molecular complexity index is 957. The molecular weight excluding hydrogens is 338 g/mol. The van der Waals surface area contributed by atoms with E-state index in [4.69, 9.17) is 9.72 Å². The Morgan fingerprint density at radius 2 is 1.85 bits per heavy atom. The van der Waals surface area contributed by atoms with E-state index < -0.39 is 0 Å². The van der Waals surface area contributed by atoms with Crippen molar-refractivity contribution >= 4 is 16.7 Å². The maximum absolute atomic E-state index is 10.5. The smallest absolute Gasteiger partial charge is 0.168 e. The molecule has 140 valence electrons. The lowest BCUT2D eigenvalue weighted by atomic mass is 9.86. The van der Waals surface area contributed by atoms with Crippen LogP contribution in [0.1, 0.15) is 32.6 Å². The van der Waals surface area contributed by atoms with Crippen molar-refractivity contribution in [2.45, 2.75) is 38.6 Å². The van der Waals surface area contributed by atoms with Gasteiger partial charge in [0, 0.05) is 11.4 Å². The summed E-state index contributed by atoms with van der Waals surface area (Å²) in [6.07, 6.45) is 4.94. The number of nitrogens with zero attached hydrogens (tertiary/aromatic N) is 2. The van der Waals surface area contributed by atoms with E-state index in [1.165, 1.54) is 26.4 Å². The van der Waals surface area contributed by atoms with Gasteiger partial charge in [-0.05, 0) is 43.0 Å². The molecular formula is C22H25N3O2. The van der Waals surface area contributed by atoms with Crippen LogP contribution < -0.4 is 10.1 Å². The average molecular weight is 363 g/mol. The number of phenols is 1. The number of phenolic OH excluding ortho intramolecular Hbond substituents is 1. The number of aromatic hydroxyl groups is 1. The number of ether oxygens (including phenoxy) is 1. The number of nitrogens with one attached hydrogen (secondary N) is 1. The number of benzene rings is 2. The SMILES string of the molecule is COc1cccc(-c2nc(NC3CCCCC3C)c3ccccc3n2)c1O. The summed E-state index contributed by atoms with van der Waals surface area (Å²) in [5.41, 5.74) is 1.43. The highest BCUT2D eigenvalue weighted by atomic mass is 16.5. The number of hydrogen-bond donors (Lipinski definition) is 2. The first-order valence-corrected chi connectivity index (χ1v) is 9.57. The van der Waals surface area contributed by atoms with Gasteiger partial charge in [-0.1, -0.05) is 38.0 Å². The number of anilines is 1. The zero-order valence-corrected chi connectivity index (χ0v) is 15.8. The molecule has 5 heteroatoms. The summed E-state index contributed by atoms with van der Waals surface area (Å²) in [7, 11) is 1.54. The summed E-state index contributed by atoms with van der Waals surface area (Å²) in [6, 6.07) is 13.8. The summed E-state index contributed by atoms with van der Waals surface area (Å²) in [4.78, 5) is 9.49. The molecule has 0 radical (unpaired) electrons. The zero-order valence-electron chi connectivity index (χ0n) is 15.8. The standard InChI is InChI=1S/C22H25N3O2/c1-14-8-3-5-11-17(14)23-21-15-9-4-6-12-18(15)24-22(25-21)16-10-7-13-19(27-2)20(16)26/h4,6-7,9-10,12-14,17,26H,3,5,8,11H2,1-2H3,(H,23,24,25). The van der Waals surface area contributed by atoms with Crippen molar-refractivity contribution in [3.05, 3.63) is 42.5 Å². The molecule has 1 aromatic heterocycles. The lowest BCUT2D eigenvalue weighted by molar-refractivity contribution is 0.349. The molecule has 3 aromatic rings. The molecule has 2 atom stereocenters. The molecule has 0 amide bonds. The molecule has 0 bridgehead atoms. The second-order valence-electron chi connectivity index (χ2n) is 7.28. The van der Waals surface area contributed by atoms with Crippen molar-refractivity contribution in [1.29, 1.82) is 0 Å². The average Bonchev–Trinajstić information content (AvgIpc) is 2.70. The highest BCUT2D eigenvalue weighted by Gasteiger charge is 2.23. The van der Waals surface area contributed by atoms with Gasteiger partial charge in [0.2, 0.25) is 0 Å². The topological polar surface area (TPSA) is 67.3 Å². The molecule has 0 saturated heterocycles. The van der Waals surface area contributed by atoms with Crippen molar-refractivity contribution in [2.24, 2.45) is 5.92 Å². The fraction of sp³-hybridized carbons (Fsp3) is 0.364. The Hall–Kier alpha value is -2.82. The number of aromatic nitrogens is 2. The molecule has 4 rings (SSSR count). The Morgan fingerprint density at radius 3 is 2.67 bits per heavy atom.